The summed E-state index contributed by atoms with van der Waals surface area (Å²) in [5.74, 6) is 1.80. The third-order valence-electron chi connectivity index (χ3n) is 6.13. The number of carbonyl (C=O) groups excluding carboxylic acids is 1. The first-order chi connectivity index (χ1) is 16.6. The van der Waals surface area contributed by atoms with Gasteiger partial charge in [0.05, 0.1) is 24.9 Å². The molecule has 0 aliphatic heterocycles. The topological polar surface area (TPSA) is 74.5 Å². The van der Waals surface area contributed by atoms with Gasteiger partial charge in [-0.3, -0.25) is 9.78 Å². The van der Waals surface area contributed by atoms with Crippen LogP contribution in [0.5, 0.6) is 11.5 Å². The van der Waals surface area contributed by atoms with E-state index >= 15 is 0 Å². The van der Waals surface area contributed by atoms with Gasteiger partial charge in [-0.15, -0.1) is 0 Å². The molecule has 0 spiro atoms. The minimum Gasteiger partial charge on any atom is -0.493 e. The molecule has 2 heterocycles. The summed E-state index contributed by atoms with van der Waals surface area (Å²) in [4.78, 5) is 21.4. The molecule has 0 saturated heterocycles. The molecule has 0 unspecified atom stereocenters. The number of benzene rings is 2. The van der Waals surface area contributed by atoms with Crippen molar-refractivity contribution in [3.05, 3.63) is 95.1 Å². The molecule has 0 bridgehead atoms. The van der Waals surface area contributed by atoms with Gasteiger partial charge in [0.2, 0.25) is 5.89 Å². The Balaban J connectivity index is 1.29. The lowest BCUT2D eigenvalue weighted by molar-refractivity contribution is -0.117. The summed E-state index contributed by atoms with van der Waals surface area (Å²) in [7, 11) is 1.63. The predicted molar refractivity (Wildman–Crippen MR) is 128 cm³/mol. The Morgan fingerprint density at radius 2 is 1.82 bits per heavy atom. The minimum absolute atomic E-state index is 0.0428. The zero-order chi connectivity index (χ0) is 23.5. The maximum atomic E-state index is 12.5. The molecule has 0 radical (unpaired) electrons. The fourth-order valence-electron chi connectivity index (χ4n) is 4.36. The summed E-state index contributed by atoms with van der Waals surface area (Å²) < 4.78 is 17.6. The number of ketones is 1. The molecule has 6 nitrogen and oxygen atoms in total. The molecule has 2 aromatic carbocycles. The Morgan fingerprint density at radius 1 is 1.03 bits per heavy atom. The molecule has 0 atom stereocenters. The number of aryl methyl sites for hydroxylation is 1. The van der Waals surface area contributed by atoms with Gasteiger partial charge in [-0.2, -0.15) is 0 Å². The molecule has 1 aliphatic carbocycles. The van der Waals surface area contributed by atoms with E-state index in [0.29, 0.717) is 23.1 Å². The summed E-state index contributed by atoms with van der Waals surface area (Å²) in [6.45, 7) is 1.96. The third-order valence-corrected chi connectivity index (χ3v) is 6.13. The normalized spacial score (nSPS) is 13.0. The summed E-state index contributed by atoms with van der Waals surface area (Å²) in [5.41, 5.74) is 5.81. The quantitative estimate of drug-likeness (QED) is 0.375. The first-order valence-corrected chi connectivity index (χ1v) is 11.4. The van der Waals surface area contributed by atoms with Crippen molar-refractivity contribution in [2.24, 2.45) is 0 Å². The predicted octanol–water partition coefficient (Wildman–Crippen LogP) is 4.95. The molecule has 172 valence electrons. The van der Waals surface area contributed by atoms with Crippen molar-refractivity contribution in [1.29, 1.82) is 0 Å². The van der Waals surface area contributed by atoms with Crippen molar-refractivity contribution in [3.63, 3.8) is 0 Å². The number of ether oxygens (including phenoxy) is 2. The molecule has 0 amide bonds. The van der Waals surface area contributed by atoms with E-state index in [-0.39, 0.29) is 24.7 Å². The van der Waals surface area contributed by atoms with Crippen molar-refractivity contribution in [1.82, 2.24) is 9.97 Å². The second kappa shape index (κ2) is 9.51. The maximum absolute atomic E-state index is 12.5. The molecule has 0 saturated carbocycles. The molecule has 0 fully saturated rings. The number of hydrogen-bond acceptors (Lipinski definition) is 6. The van der Waals surface area contributed by atoms with Crippen molar-refractivity contribution in [2.45, 2.75) is 38.7 Å². The summed E-state index contributed by atoms with van der Waals surface area (Å²) in [5, 5.41) is 0. The zero-order valence-corrected chi connectivity index (χ0v) is 19.3. The van der Waals surface area contributed by atoms with Crippen molar-refractivity contribution in [3.8, 4) is 23.0 Å². The van der Waals surface area contributed by atoms with E-state index in [1.54, 1.807) is 13.3 Å². The van der Waals surface area contributed by atoms with Crippen LogP contribution in [0.25, 0.3) is 11.5 Å². The number of fused-ring (bicyclic) bond motifs is 1. The molecular formula is C28H26N2O4. The van der Waals surface area contributed by atoms with E-state index in [1.807, 2.05) is 37.3 Å². The maximum Gasteiger partial charge on any atom is 0.226 e. The van der Waals surface area contributed by atoms with Crippen LogP contribution >= 0.6 is 0 Å². The molecule has 4 aromatic rings. The molecule has 2 aromatic heterocycles. The number of methoxy groups -OCH3 is 1. The standard InChI is InChI=1S/C28H26N2O4/c1-18-6-5-11-29-25(18)16-23(31)15-22-17-33-28(30-22)21-9-10-26(32-2)27(14-21)34-24-12-19-7-3-4-8-20(19)13-24/h3-11,14,17,24H,12-13,15-16H2,1-2H3. The smallest absolute Gasteiger partial charge is 0.226 e. The number of aromatic nitrogens is 2. The number of rotatable bonds is 8. The van der Waals surface area contributed by atoms with Crippen molar-refractivity contribution < 1.29 is 18.7 Å². The lowest BCUT2D eigenvalue weighted by atomic mass is 10.1. The van der Waals surface area contributed by atoms with Gasteiger partial charge in [0.25, 0.3) is 0 Å². The molecular weight excluding hydrogens is 428 g/mol. The molecule has 6 heteroatoms. The van der Waals surface area contributed by atoms with Crippen LogP contribution in [0.15, 0.2) is 71.5 Å². The van der Waals surface area contributed by atoms with Crippen LogP contribution in [-0.4, -0.2) is 29.0 Å². The zero-order valence-electron chi connectivity index (χ0n) is 19.3. The highest BCUT2D eigenvalue weighted by Gasteiger charge is 2.24. The van der Waals surface area contributed by atoms with E-state index in [1.165, 1.54) is 17.4 Å². The lowest BCUT2D eigenvalue weighted by Crippen LogP contribution is -2.16. The fourth-order valence-corrected chi connectivity index (χ4v) is 4.36. The number of nitrogens with zero attached hydrogens (tertiary/aromatic N) is 2. The number of carbonyl (C=O) groups is 1. The van der Waals surface area contributed by atoms with Crippen LogP contribution in [0.3, 0.4) is 0 Å². The van der Waals surface area contributed by atoms with E-state index in [4.69, 9.17) is 13.9 Å². The average Bonchev–Trinajstić information content (AvgIpc) is 3.47. The molecule has 1 aliphatic rings. The van der Waals surface area contributed by atoms with Crippen LogP contribution in [0.4, 0.5) is 0 Å². The van der Waals surface area contributed by atoms with Gasteiger partial charge >= 0.3 is 0 Å². The number of pyridine rings is 1. The van der Waals surface area contributed by atoms with E-state index in [9.17, 15) is 4.79 Å². The van der Waals surface area contributed by atoms with Gasteiger partial charge in [-0.1, -0.05) is 30.3 Å². The fraction of sp³-hybridized carbons (Fsp3) is 0.250. The van der Waals surface area contributed by atoms with E-state index in [0.717, 1.165) is 29.7 Å². The summed E-state index contributed by atoms with van der Waals surface area (Å²) in [6, 6.07) is 17.9. The van der Waals surface area contributed by atoms with Crippen LogP contribution in [0.1, 0.15) is 28.1 Å². The first-order valence-electron chi connectivity index (χ1n) is 11.4. The van der Waals surface area contributed by atoms with Crippen LogP contribution in [-0.2, 0) is 30.5 Å². The second-order valence-corrected chi connectivity index (χ2v) is 8.59. The van der Waals surface area contributed by atoms with Crippen LogP contribution in [0, 0.1) is 6.92 Å². The number of hydrogen-bond donors (Lipinski definition) is 0. The van der Waals surface area contributed by atoms with Gasteiger partial charge in [0, 0.05) is 31.0 Å². The van der Waals surface area contributed by atoms with Crippen LogP contribution < -0.4 is 9.47 Å². The van der Waals surface area contributed by atoms with E-state index in [2.05, 4.69) is 34.2 Å². The Labute approximate surface area is 198 Å². The Morgan fingerprint density at radius 3 is 2.56 bits per heavy atom. The van der Waals surface area contributed by atoms with Gasteiger partial charge in [-0.25, -0.2) is 4.98 Å². The molecule has 0 N–H and O–H groups in total. The summed E-state index contributed by atoms with van der Waals surface area (Å²) >= 11 is 0. The monoisotopic (exact) mass is 454 g/mol. The third kappa shape index (κ3) is 4.71. The molecule has 34 heavy (non-hydrogen) atoms. The van der Waals surface area contributed by atoms with E-state index < -0.39 is 0 Å². The lowest BCUT2D eigenvalue weighted by Gasteiger charge is -2.16. The Hall–Kier alpha value is -3.93. The highest BCUT2D eigenvalue weighted by atomic mass is 16.5. The highest BCUT2D eigenvalue weighted by molar-refractivity contribution is 5.82. The Bertz CT molecular complexity index is 1300. The van der Waals surface area contributed by atoms with Crippen molar-refractivity contribution >= 4 is 5.78 Å². The van der Waals surface area contributed by atoms with Crippen LogP contribution in [0.2, 0.25) is 0 Å². The molecule has 5 rings (SSSR count). The SMILES string of the molecule is COc1ccc(-c2nc(CC(=O)Cc3ncccc3C)co2)cc1OC1Cc2ccccc2C1. The highest BCUT2D eigenvalue weighted by Crippen LogP contribution is 2.35. The van der Waals surface area contributed by atoms with Crippen molar-refractivity contribution in [2.75, 3.05) is 7.11 Å². The number of oxazole rings is 1. The number of Topliss-reactive ketones (excluding diaryl/α,β-unsaturated/α-hetero) is 1. The second-order valence-electron chi connectivity index (χ2n) is 8.59. The largest absolute Gasteiger partial charge is 0.493 e. The van der Waals surface area contributed by atoms with Gasteiger partial charge < -0.3 is 13.9 Å². The minimum atomic E-state index is 0.0428. The van der Waals surface area contributed by atoms with Gasteiger partial charge in [0.1, 0.15) is 18.2 Å². The Kier molecular flexibility index (Phi) is 6.12. The van der Waals surface area contributed by atoms with Gasteiger partial charge in [-0.05, 0) is 47.9 Å². The van der Waals surface area contributed by atoms with Gasteiger partial charge in [0.15, 0.2) is 11.5 Å². The summed E-state index contributed by atoms with van der Waals surface area (Å²) in [6.07, 6.45) is 5.50. The average molecular weight is 455 g/mol. The first kappa shape index (κ1) is 21.9.